The summed E-state index contributed by atoms with van der Waals surface area (Å²) >= 11 is 0. The predicted molar refractivity (Wildman–Crippen MR) is 100 cm³/mol. The first kappa shape index (κ1) is 20.2. The highest BCUT2D eigenvalue weighted by molar-refractivity contribution is 5.97. The predicted octanol–water partition coefficient (Wildman–Crippen LogP) is 1.50. The number of hydrogen-bond donors (Lipinski definition) is 3. The van der Waals surface area contributed by atoms with Crippen LogP contribution in [-0.2, 0) is 14.4 Å². The van der Waals surface area contributed by atoms with Gasteiger partial charge in [0.05, 0.1) is 6.20 Å². The number of carbonyl (C=O) groups is 3. The summed E-state index contributed by atoms with van der Waals surface area (Å²) in [7, 11) is 0. The Bertz CT molecular complexity index is 722. The Hall–Kier alpha value is -2.55. The summed E-state index contributed by atoms with van der Waals surface area (Å²) in [4.78, 5) is 47.4. The van der Waals surface area contributed by atoms with Gasteiger partial charge in [-0.2, -0.15) is 0 Å². The van der Waals surface area contributed by atoms with E-state index in [4.69, 9.17) is 5.21 Å². The van der Waals surface area contributed by atoms with Gasteiger partial charge in [-0.3, -0.25) is 24.6 Å². The molecule has 152 valence electrons. The highest BCUT2D eigenvalue weighted by Crippen LogP contribution is 2.55. The van der Waals surface area contributed by atoms with E-state index >= 15 is 0 Å². The van der Waals surface area contributed by atoms with Crippen LogP contribution in [-0.4, -0.2) is 50.4 Å². The lowest BCUT2D eigenvalue weighted by molar-refractivity contribution is -0.143. The van der Waals surface area contributed by atoms with Gasteiger partial charge < -0.3 is 10.2 Å². The van der Waals surface area contributed by atoms with Gasteiger partial charge in [-0.1, -0.05) is 19.8 Å². The van der Waals surface area contributed by atoms with Crippen LogP contribution in [0.5, 0.6) is 0 Å². The van der Waals surface area contributed by atoms with Crippen LogP contribution < -0.4 is 10.8 Å². The maximum Gasteiger partial charge on any atom is 0.248 e. The lowest BCUT2D eigenvalue weighted by Gasteiger charge is -2.28. The maximum absolute atomic E-state index is 13.2. The van der Waals surface area contributed by atoms with Gasteiger partial charge in [0.15, 0.2) is 5.82 Å². The van der Waals surface area contributed by atoms with Crippen LogP contribution in [0, 0.1) is 11.3 Å². The summed E-state index contributed by atoms with van der Waals surface area (Å²) < 4.78 is 0. The van der Waals surface area contributed by atoms with E-state index in [1.54, 1.807) is 10.4 Å². The minimum Gasteiger partial charge on any atom is -0.330 e. The number of amides is 3. The summed E-state index contributed by atoms with van der Waals surface area (Å²) in [6, 6.07) is -0.585. The molecule has 2 atom stereocenters. The Kier molecular flexibility index (Phi) is 6.23. The lowest BCUT2D eigenvalue weighted by atomic mass is 9.96. The van der Waals surface area contributed by atoms with E-state index in [1.807, 2.05) is 6.92 Å². The van der Waals surface area contributed by atoms with Crippen molar-refractivity contribution in [1.82, 2.24) is 20.3 Å². The number of aromatic nitrogens is 2. The van der Waals surface area contributed by atoms with E-state index in [0.29, 0.717) is 25.2 Å². The first-order valence-corrected chi connectivity index (χ1v) is 9.78. The van der Waals surface area contributed by atoms with E-state index in [-0.39, 0.29) is 23.7 Å². The number of hydrogen-bond acceptors (Lipinski definition) is 6. The van der Waals surface area contributed by atoms with Gasteiger partial charge in [-0.25, -0.2) is 10.5 Å². The molecule has 0 radical (unpaired) electrons. The van der Waals surface area contributed by atoms with E-state index in [0.717, 1.165) is 25.7 Å². The summed E-state index contributed by atoms with van der Waals surface area (Å²) in [5, 5.41) is 11.6. The normalized spacial score (nSPS) is 20.6. The smallest absolute Gasteiger partial charge is 0.248 e. The van der Waals surface area contributed by atoms with Crippen molar-refractivity contribution in [2.75, 3.05) is 11.9 Å². The minimum absolute atomic E-state index is 0.0224. The zero-order valence-electron chi connectivity index (χ0n) is 16.1. The van der Waals surface area contributed by atoms with Crippen molar-refractivity contribution < 1.29 is 19.6 Å². The minimum atomic E-state index is -0.588. The van der Waals surface area contributed by atoms with Gasteiger partial charge in [-0.05, 0) is 31.1 Å². The van der Waals surface area contributed by atoms with Crippen molar-refractivity contribution in [2.45, 2.75) is 57.9 Å². The molecule has 28 heavy (non-hydrogen) atoms. The molecule has 1 aliphatic carbocycles. The molecule has 0 unspecified atom stereocenters. The van der Waals surface area contributed by atoms with Crippen LogP contribution in [0.4, 0.5) is 5.82 Å². The van der Waals surface area contributed by atoms with Crippen LogP contribution in [0.15, 0.2) is 18.6 Å². The number of nitrogens with one attached hydrogen (secondary N) is 2. The van der Waals surface area contributed by atoms with Crippen molar-refractivity contribution >= 4 is 23.5 Å². The molecule has 0 aromatic carbocycles. The Morgan fingerprint density at radius 2 is 2.14 bits per heavy atom. The van der Waals surface area contributed by atoms with Crippen LogP contribution in [0.3, 0.4) is 0 Å². The summed E-state index contributed by atoms with van der Waals surface area (Å²) in [6.07, 6.45) is 9.25. The maximum atomic E-state index is 13.2. The number of anilines is 1. The molecule has 9 nitrogen and oxygen atoms in total. The third-order valence-electron chi connectivity index (χ3n) is 5.68. The molecule has 2 aliphatic rings. The monoisotopic (exact) mass is 389 g/mol. The SMILES string of the molecule is CCCC[C@H](CC(=O)NO)C(=O)N1CC2(CC2)C[C@H]1C(=O)Nc1cnccn1. The fraction of sp³-hybridized carbons (Fsp3) is 0.632. The zero-order valence-corrected chi connectivity index (χ0v) is 16.1. The molecule has 1 aromatic heterocycles. The Balaban J connectivity index is 1.74. The Morgan fingerprint density at radius 1 is 1.36 bits per heavy atom. The molecule has 9 heteroatoms. The fourth-order valence-corrected chi connectivity index (χ4v) is 3.90. The molecule has 1 aliphatic heterocycles. The second-order valence-electron chi connectivity index (χ2n) is 7.84. The Labute approximate surface area is 163 Å². The first-order valence-electron chi connectivity index (χ1n) is 9.78. The molecule has 0 bridgehead atoms. The van der Waals surface area contributed by atoms with Gasteiger partial charge >= 0.3 is 0 Å². The second kappa shape index (κ2) is 8.64. The Morgan fingerprint density at radius 3 is 2.75 bits per heavy atom. The van der Waals surface area contributed by atoms with Gasteiger partial charge in [0.25, 0.3) is 0 Å². The number of unbranched alkanes of at least 4 members (excludes halogenated alkanes) is 1. The largest absolute Gasteiger partial charge is 0.330 e. The molecule has 2 heterocycles. The number of hydroxylamine groups is 1. The number of rotatable bonds is 8. The number of likely N-dealkylation sites (tertiary alicyclic amines) is 1. The molecule has 3 N–H and O–H groups in total. The van der Waals surface area contributed by atoms with Crippen molar-refractivity contribution in [1.29, 1.82) is 0 Å². The topological polar surface area (TPSA) is 125 Å². The highest BCUT2D eigenvalue weighted by Gasteiger charge is 2.55. The second-order valence-corrected chi connectivity index (χ2v) is 7.84. The van der Waals surface area contributed by atoms with E-state index < -0.39 is 17.9 Å². The van der Waals surface area contributed by atoms with E-state index in [2.05, 4.69) is 15.3 Å². The molecular formula is C19H27N5O4. The number of carbonyl (C=O) groups excluding carboxylic acids is 3. The molecule has 1 saturated heterocycles. The van der Waals surface area contributed by atoms with Crippen molar-refractivity contribution in [2.24, 2.45) is 11.3 Å². The molecular weight excluding hydrogens is 362 g/mol. The van der Waals surface area contributed by atoms with Gasteiger partial charge in [0.1, 0.15) is 6.04 Å². The molecule has 3 rings (SSSR count). The van der Waals surface area contributed by atoms with Crippen molar-refractivity contribution in [3.63, 3.8) is 0 Å². The van der Waals surface area contributed by atoms with E-state index in [1.165, 1.54) is 18.6 Å². The van der Waals surface area contributed by atoms with Crippen LogP contribution in [0.25, 0.3) is 0 Å². The summed E-state index contributed by atoms with van der Waals surface area (Å²) in [5.74, 6) is -1.26. The molecule has 3 amide bonds. The first-order chi connectivity index (χ1) is 13.5. The zero-order chi connectivity index (χ0) is 20.1. The summed E-state index contributed by atoms with van der Waals surface area (Å²) in [6.45, 7) is 2.55. The van der Waals surface area contributed by atoms with Crippen LogP contribution in [0.2, 0.25) is 0 Å². The standard InChI is InChI=1S/C19H27N5O4/c1-2-3-4-13(9-16(25)23-28)18(27)24-12-19(5-6-19)10-14(24)17(26)22-15-11-20-7-8-21-15/h7-8,11,13-14,28H,2-6,9-10,12H2,1H3,(H,23,25)(H,21,22,26)/t13-,14+/m1/s1. The van der Waals surface area contributed by atoms with E-state index in [9.17, 15) is 14.4 Å². The average molecular weight is 389 g/mol. The lowest BCUT2D eigenvalue weighted by Crippen LogP contribution is -2.46. The average Bonchev–Trinajstić information content (AvgIpc) is 3.35. The van der Waals surface area contributed by atoms with Crippen molar-refractivity contribution in [3.8, 4) is 0 Å². The summed E-state index contributed by atoms with van der Waals surface area (Å²) in [5.41, 5.74) is 1.63. The third-order valence-corrected chi connectivity index (χ3v) is 5.68. The van der Waals surface area contributed by atoms with Crippen LogP contribution in [0.1, 0.15) is 51.9 Å². The van der Waals surface area contributed by atoms with Crippen molar-refractivity contribution in [3.05, 3.63) is 18.6 Å². The molecule has 1 aromatic rings. The van der Waals surface area contributed by atoms with Crippen LogP contribution >= 0.6 is 0 Å². The highest BCUT2D eigenvalue weighted by atomic mass is 16.5. The fourth-order valence-electron chi connectivity index (χ4n) is 3.90. The molecule has 1 spiro atoms. The molecule has 1 saturated carbocycles. The van der Waals surface area contributed by atoms with Gasteiger partial charge in [0, 0.05) is 31.3 Å². The third kappa shape index (κ3) is 4.64. The number of nitrogens with zero attached hydrogens (tertiary/aromatic N) is 3. The quantitative estimate of drug-likeness (QED) is 0.457. The van der Waals surface area contributed by atoms with Gasteiger partial charge in [-0.15, -0.1) is 0 Å². The molecule has 2 fully saturated rings. The van der Waals surface area contributed by atoms with Gasteiger partial charge in [0.2, 0.25) is 17.7 Å².